The van der Waals surface area contributed by atoms with Crippen molar-refractivity contribution < 1.29 is 19.4 Å². The molecule has 1 fully saturated rings. The topological polar surface area (TPSA) is 74.3 Å². The van der Waals surface area contributed by atoms with Gasteiger partial charge in [0.1, 0.15) is 5.60 Å². The zero-order chi connectivity index (χ0) is 17.0. The summed E-state index contributed by atoms with van der Waals surface area (Å²) in [7, 11) is 0. The molecule has 0 saturated carbocycles. The Morgan fingerprint density at radius 2 is 2.09 bits per heavy atom. The van der Waals surface area contributed by atoms with Crippen LogP contribution in [0.5, 0.6) is 0 Å². The number of hydrazine groups is 1. The SMILES string of the molecule is CCOC(O)C1=CN(C2CCN(C(=O)OC(C)(C)C)CC2)NC1. The number of ether oxygens (including phenoxy) is 2. The lowest BCUT2D eigenvalue weighted by molar-refractivity contribution is -0.0673. The van der Waals surface area contributed by atoms with Gasteiger partial charge in [0.2, 0.25) is 0 Å². The molecule has 0 bridgehead atoms. The summed E-state index contributed by atoms with van der Waals surface area (Å²) >= 11 is 0. The number of rotatable bonds is 4. The van der Waals surface area contributed by atoms with Gasteiger partial charge in [0.05, 0.1) is 0 Å². The Balaban J connectivity index is 1.82. The molecule has 7 heteroatoms. The van der Waals surface area contributed by atoms with E-state index in [-0.39, 0.29) is 6.09 Å². The summed E-state index contributed by atoms with van der Waals surface area (Å²) in [6, 6.07) is 0.306. The van der Waals surface area contributed by atoms with E-state index in [0.717, 1.165) is 18.4 Å². The van der Waals surface area contributed by atoms with Crippen LogP contribution in [0.2, 0.25) is 0 Å². The first-order chi connectivity index (χ1) is 10.8. The Morgan fingerprint density at radius 3 is 2.65 bits per heavy atom. The lowest BCUT2D eigenvalue weighted by Gasteiger charge is -2.37. The summed E-state index contributed by atoms with van der Waals surface area (Å²) in [5.74, 6) is 0. The fourth-order valence-electron chi connectivity index (χ4n) is 2.76. The molecule has 2 rings (SSSR count). The van der Waals surface area contributed by atoms with Gasteiger partial charge in [-0.1, -0.05) is 0 Å². The Labute approximate surface area is 138 Å². The first-order valence-corrected chi connectivity index (χ1v) is 8.30. The van der Waals surface area contributed by atoms with Gasteiger partial charge in [0.15, 0.2) is 6.29 Å². The molecule has 1 unspecified atom stereocenters. The van der Waals surface area contributed by atoms with Crippen molar-refractivity contribution in [3.63, 3.8) is 0 Å². The van der Waals surface area contributed by atoms with E-state index in [1.54, 1.807) is 4.90 Å². The van der Waals surface area contributed by atoms with Crippen LogP contribution in [0, 0.1) is 0 Å². The lowest BCUT2D eigenvalue weighted by atomic mass is 10.1. The van der Waals surface area contributed by atoms with Crippen LogP contribution in [0.1, 0.15) is 40.5 Å². The Kier molecular flexibility index (Phi) is 5.89. The number of nitrogens with one attached hydrogen (secondary N) is 1. The number of nitrogens with zero attached hydrogens (tertiary/aromatic N) is 2. The summed E-state index contributed by atoms with van der Waals surface area (Å²) in [4.78, 5) is 13.8. The van der Waals surface area contributed by atoms with E-state index in [1.165, 1.54) is 0 Å². The van der Waals surface area contributed by atoms with Gasteiger partial charge in [-0.05, 0) is 40.5 Å². The predicted molar refractivity (Wildman–Crippen MR) is 86.4 cm³/mol. The van der Waals surface area contributed by atoms with E-state index in [9.17, 15) is 9.90 Å². The monoisotopic (exact) mass is 327 g/mol. The minimum atomic E-state index is -0.848. The van der Waals surface area contributed by atoms with Crippen LogP contribution in [0.15, 0.2) is 11.8 Å². The van der Waals surface area contributed by atoms with E-state index >= 15 is 0 Å². The zero-order valence-corrected chi connectivity index (χ0v) is 14.5. The molecule has 2 aliphatic heterocycles. The molecule has 0 radical (unpaired) electrons. The standard InChI is InChI=1S/C16H29N3O4/c1-5-22-14(20)12-10-17-19(11-12)13-6-8-18(9-7-13)15(21)23-16(2,3)4/h11,13-14,17,20H,5-10H2,1-4H3. The van der Waals surface area contributed by atoms with Gasteiger partial charge < -0.3 is 24.5 Å². The third-order valence-corrected chi connectivity index (χ3v) is 3.92. The highest BCUT2D eigenvalue weighted by Gasteiger charge is 2.31. The van der Waals surface area contributed by atoms with Crippen molar-refractivity contribution in [2.24, 2.45) is 0 Å². The van der Waals surface area contributed by atoms with Crippen molar-refractivity contribution in [3.05, 3.63) is 11.8 Å². The maximum atomic E-state index is 12.1. The number of likely N-dealkylation sites (tertiary alicyclic amines) is 1. The highest BCUT2D eigenvalue weighted by Crippen LogP contribution is 2.21. The van der Waals surface area contributed by atoms with Crippen molar-refractivity contribution in [2.45, 2.75) is 58.5 Å². The van der Waals surface area contributed by atoms with Gasteiger partial charge in [0.25, 0.3) is 0 Å². The van der Waals surface area contributed by atoms with Crippen molar-refractivity contribution in [2.75, 3.05) is 26.2 Å². The van der Waals surface area contributed by atoms with Gasteiger partial charge in [-0.25, -0.2) is 10.2 Å². The molecule has 0 aromatic carbocycles. The smallest absolute Gasteiger partial charge is 0.410 e. The highest BCUT2D eigenvalue weighted by molar-refractivity contribution is 5.68. The molecule has 2 heterocycles. The first kappa shape index (κ1) is 18.0. The van der Waals surface area contributed by atoms with Crippen LogP contribution in [-0.2, 0) is 9.47 Å². The number of aliphatic hydroxyl groups excluding tert-OH is 1. The Bertz CT molecular complexity index is 439. The fourth-order valence-corrected chi connectivity index (χ4v) is 2.76. The summed E-state index contributed by atoms with van der Waals surface area (Å²) in [6.07, 6.45) is 2.56. The van der Waals surface area contributed by atoms with Gasteiger partial charge in [0, 0.05) is 44.1 Å². The van der Waals surface area contributed by atoms with E-state index in [4.69, 9.17) is 9.47 Å². The second-order valence-electron chi connectivity index (χ2n) is 6.95. The molecule has 2 aliphatic rings. The molecule has 0 aliphatic carbocycles. The van der Waals surface area contributed by atoms with Crippen LogP contribution in [0.3, 0.4) is 0 Å². The van der Waals surface area contributed by atoms with Crippen LogP contribution in [0.4, 0.5) is 4.79 Å². The number of amides is 1. The van der Waals surface area contributed by atoms with Crippen LogP contribution in [0.25, 0.3) is 0 Å². The summed E-state index contributed by atoms with van der Waals surface area (Å²) < 4.78 is 10.6. The molecule has 7 nitrogen and oxygen atoms in total. The maximum absolute atomic E-state index is 12.1. The molecule has 0 aromatic heterocycles. The van der Waals surface area contributed by atoms with Gasteiger partial charge in [-0.15, -0.1) is 0 Å². The van der Waals surface area contributed by atoms with Crippen molar-refractivity contribution >= 4 is 6.09 Å². The average Bonchev–Trinajstić information content (AvgIpc) is 2.96. The number of aliphatic hydroxyl groups is 1. The Morgan fingerprint density at radius 1 is 1.43 bits per heavy atom. The molecule has 132 valence electrons. The molecule has 2 N–H and O–H groups in total. The molecular formula is C16H29N3O4. The third-order valence-electron chi connectivity index (χ3n) is 3.92. The van der Waals surface area contributed by atoms with Crippen LogP contribution in [-0.4, -0.2) is 65.3 Å². The van der Waals surface area contributed by atoms with E-state index in [1.807, 2.05) is 38.9 Å². The zero-order valence-electron chi connectivity index (χ0n) is 14.5. The second-order valence-corrected chi connectivity index (χ2v) is 6.95. The number of hydrogen-bond donors (Lipinski definition) is 2. The molecule has 1 amide bonds. The summed E-state index contributed by atoms with van der Waals surface area (Å²) in [6.45, 7) is 9.91. The predicted octanol–water partition coefficient (Wildman–Crippen LogP) is 1.44. The minimum absolute atomic E-state index is 0.242. The molecular weight excluding hydrogens is 298 g/mol. The molecule has 1 saturated heterocycles. The number of carbonyl (C=O) groups excluding carboxylic acids is 1. The largest absolute Gasteiger partial charge is 0.444 e. The minimum Gasteiger partial charge on any atom is -0.444 e. The molecule has 1 atom stereocenters. The van der Waals surface area contributed by atoms with Gasteiger partial charge >= 0.3 is 6.09 Å². The number of hydrogen-bond acceptors (Lipinski definition) is 6. The third kappa shape index (κ3) is 5.09. The summed E-state index contributed by atoms with van der Waals surface area (Å²) in [5.41, 5.74) is 3.64. The molecule has 23 heavy (non-hydrogen) atoms. The van der Waals surface area contributed by atoms with E-state index in [0.29, 0.717) is 32.3 Å². The van der Waals surface area contributed by atoms with E-state index < -0.39 is 11.9 Å². The summed E-state index contributed by atoms with van der Waals surface area (Å²) in [5, 5.41) is 11.9. The van der Waals surface area contributed by atoms with Crippen molar-refractivity contribution in [1.82, 2.24) is 15.3 Å². The van der Waals surface area contributed by atoms with Gasteiger partial charge in [-0.3, -0.25) is 0 Å². The van der Waals surface area contributed by atoms with Crippen molar-refractivity contribution in [3.8, 4) is 0 Å². The quantitative estimate of drug-likeness (QED) is 0.761. The number of piperidine rings is 1. The molecule has 0 aromatic rings. The highest BCUT2D eigenvalue weighted by atomic mass is 16.6. The molecule has 0 spiro atoms. The maximum Gasteiger partial charge on any atom is 0.410 e. The second kappa shape index (κ2) is 7.51. The first-order valence-electron chi connectivity index (χ1n) is 8.30. The van der Waals surface area contributed by atoms with Crippen molar-refractivity contribution in [1.29, 1.82) is 0 Å². The lowest BCUT2D eigenvalue weighted by Crippen LogP contribution is -2.48. The fraction of sp³-hybridized carbons (Fsp3) is 0.812. The van der Waals surface area contributed by atoms with Crippen LogP contribution >= 0.6 is 0 Å². The average molecular weight is 327 g/mol. The van der Waals surface area contributed by atoms with Crippen LogP contribution < -0.4 is 5.43 Å². The Hall–Kier alpha value is -1.31. The van der Waals surface area contributed by atoms with E-state index in [2.05, 4.69) is 5.43 Å². The number of carbonyl (C=O) groups is 1. The van der Waals surface area contributed by atoms with Gasteiger partial charge in [-0.2, -0.15) is 0 Å². The normalized spacial score (nSPS) is 21.3.